The van der Waals surface area contributed by atoms with Crippen molar-refractivity contribution in [2.45, 2.75) is 10.3 Å². The summed E-state index contributed by atoms with van der Waals surface area (Å²) >= 11 is 16.2. The molecule has 0 atom stereocenters. The summed E-state index contributed by atoms with van der Waals surface area (Å²) in [5.41, 5.74) is 0.892. The maximum atomic E-state index is 11.2. The smallest absolute Gasteiger partial charge is 0.272 e. The van der Waals surface area contributed by atoms with Gasteiger partial charge in [0.2, 0.25) is 0 Å². The third-order valence-electron chi connectivity index (χ3n) is 1.87. The Kier molecular flexibility index (Phi) is 4.71. The van der Waals surface area contributed by atoms with Crippen LogP contribution >= 0.6 is 34.8 Å². The molecule has 0 bridgehead atoms. The Morgan fingerprint density at radius 1 is 1.31 bits per heavy atom. The van der Waals surface area contributed by atoms with E-state index in [1.54, 1.807) is 19.2 Å². The molecule has 1 rings (SSSR count). The van der Waals surface area contributed by atoms with Crippen LogP contribution in [-0.2, 0) is 11.3 Å². The van der Waals surface area contributed by atoms with Crippen molar-refractivity contribution in [1.29, 1.82) is 0 Å². The predicted molar refractivity (Wildman–Crippen MR) is 65.1 cm³/mol. The number of carbonyl (C=O) groups is 1. The number of hydrogen-bond donors (Lipinski definition) is 1. The van der Waals surface area contributed by atoms with Gasteiger partial charge >= 0.3 is 0 Å². The maximum Gasteiger partial charge on any atom is 0.272 e. The van der Waals surface area contributed by atoms with Crippen LogP contribution in [0.2, 0.25) is 0 Å². The van der Waals surface area contributed by atoms with E-state index in [1.165, 1.54) is 0 Å². The average molecular weight is 283 g/mol. The zero-order valence-electron chi connectivity index (χ0n) is 8.47. The molecule has 0 fully saturated rings. The van der Waals surface area contributed by atoms with Crippen molar-refractivity contribution >= 4 is 40.7 Å². The van der Waals surface area contributed by atoms with Crippen LogP contribution in [-0.4, -0.2) is 16.8 Å². The second-order valence-corrected chi connectivity index (χ2v) is 5.31. The Balaban J connectivity index is 2.52. The fourth-order valence-corrected chi connectivity index (χ4v) is 1.23. The predicted octanol–water partition coefficient (Wildman–Crippen LogP) is 2.68. The van der Waals surface area contributed by atoms with Gasteiger partial charge in [0, 0.05) is 6.54 Å². The molecule has 1 N–H and O–H groups in total. The number of halogens is 3. The molecular formula is C10H10Cl3NO2. The lowest BCUT2D eigenvalue weighted by molar-refractivity contribution is -0.120. The summed E-state index contributed by atoms with van der Waals surface area (Å²) in [6, 6.07) is 7.21. The van der Waals surface area contributed by atoms with Crippen LogP contribution in [0.3, 0.4) is 0 Å². The van der Waals surface area contributed by atoms with Gasteiger partial charge in [-0.25, -0.2) is 0 Å². The van der Waals surface area contributed by atoms with E-state index in [1.807, 2.05) is 12.1 Å². The molecule has 6 heteroatoms. The highest BCUT2D eigenvalue weighted by Crippen LogP contribution is 2.25. The van der Waals surface area contributed by atoms with Gasteiger partial charge in [-0.15, -0.1) is 0 Å². The van der Waals surface area contributed by atoms with E-state index in [4.69, 9.17) is 39.5 Å². The molecule has 1 amide bonds. The molecule has 0 heterocycles. The lowest BCUT2D eigenvalue weighted by Crippen LogP contribution is -2.33. The molecule has 1 aromatic carbocycles. The molecule has 0 saturated carbocycles. The van der Waals surface area contributed by atoms with Crippen LogP contribution in [0.5, 0.6) is 5.75 Å². The zero-order valence-corrected chi connectivity index (χ0v) is 10.7. The number of ether oxygens (including phenoxy) is 1. The monoisotopic (exact) mass is 281 g/mol. The molecule has 0 radical (unpaired) electrons. The minimum absolute atomic E-state index is 0.302. The fourth-order valence-electron chi connectivity index (χ4n) is 1.03. The van der Waals surface area contributed by atoms with Crippen LogP contribution in [0.25, 0.3) is 0 Å². The van der Waals surface area contributed by atoms with Gasteiger partial charge in [0.1, 0.15) is 5.75 Å². The Hall–Kier alpha value is -0.640. The van der Waals surface area contributed by atoms with Gasteiger partial charge in [0.25, 0.3) is 9.70 Å². The normalized spacial score (nSPS) is 11.0. The Bertz CT molecular complexity index is 359. The number of rotatable bonds is 3. The van der Waals surface area contributed by atoms with Gasteiger partial charge in [-0.05, 0) is 17.7 Å². The van der Waals surface area contributed by atoms with Crippen molar-refractivity contribution < 1.29 is 9.53 Å². The van der Waals surface area contributed by atoms with Gasteiger partial charge in [0.05, 0.1) is 7.11 Å². The van der Waals surface area contributed by atoms with Crippen LogP contribution in [0.1, 0.15) is 5.56 Å². The van der Waals surface area contributed by atoms with Crippen molar-refractivity contribution in [2.24, 2.45) is 0 Å². The first-order valence-corrected chi connectivity index (χ1v) is 5.55. The first-order valence-electron chi connectivity index (χ1n) is 4.41. The number of nitrogens with one attached hydrogen (secondary N) is 1. The van der Waals surface area contributed by atoms with Gasteiger partial charge in [0.15, 0.2) is 0 Å². The first kappa shape index (κ1) is 13.4. The number of hydrogen-bond acceptors (Lipinski definition) is 2. The second kappa shape index (κ2) is 5.62. The number of amides is 1. The highest BCUT2D eigenvalue weighted by Gasteiger charge is 2.29. The van der Waals surface area contributed by atoms with E-state index < -0.39 is 9.70 Å². The lowest BCUT2D eigenvalue weighted by Gasteiger charge is -2.11. The minimum Gasteiger partial charge on any atom is -0.497 e. The van der Waals surface area contributed by atoms with Crippen molar-refractivity contribution in [3.63, 3.8) is 0 Å². The quantitative estimate of drug-likeness (QED) is 0.866. The molecule has 0 aliphatic rings. The Morgan fingerprint density at radius 3 is 2.31 bits per heavy atom. The summed E-state index contributed by atoms with van der Waals surface area (Å²) in [7, 11) is 1.58. The molecule has 0 spiro atoms. The van der Waals surface area contributed by atoms with Crippen LogP contribution in [0.4, 0.5) is 0 Å². The Labute approximate surface area is 109 Å². The Morgan fingerprint density at radius 2 is 1.88 bits per heavy atom. The largest absolute Gasteiger partial charge is 0.497 e. The zero-order chi connectivity index (χ0) is 12.2. The van der Waals surface area contributed by atoms with Gasteiger partial charge in [-0.3, -0.25) is 4.79 Å². The van der Waals surface area contributed by atoms with Crippen LogP contribution in [0, 0.1) is 0 Å². The van der Waals surface area contributed by atoms with E-state index >= 15 is 0 Å². The SMILES string of the molecule is COc1ccc(CNC(=O)C(Cl)(Cl)Cl)cc1. The first-order chi connectivity index (χ1) is 7.43. The lowest BCUT2D eigenvalue weighted by atomic mass is 10.2. The number of carbonyl (C=O) groups excluding carboxylic acids is 1. The number of alkyl halides is 3. The van der Waals surface area contributed by atoms with Crippen molar-refractivity contribution in [3.05, 3.63) is 29.8 Å². The molecule has 0 aliphatic heterocycles. The highest BCUT2D eigenvalue weighted by atomic mass is 35.6. The van der Waals surface area contributed by atoms with Crippen molar-refractivity contribution in [2.75, 3.05) is 7.11 Å². The molecule has 0 aromatic heterocycles. The number of benzene rings is 1. The van der Waals surface area contributed by atoms with Gasteiger partial charge < -0.3 is 10.1 Å². The summed E-state index contributed by atoms with van der Waals surface area (Å²) in [4.78, 5) is 11.2. The standard InChI is InChI=1S/C10H10Cl3NO2/c1-16-8-4-2-7(3-5-8)6-14-9(15)10(11,12)13/h2-5H,6H2,1H3,(H,14,15). The molecule has 88 valence electrons. The van der Waals surface area contributed by atoms with Crippen LogP contribution < -0.4 is 10.1 Å². The van der Waals surface area contributed by atoms with E-state index in [9.17, 15) is 4.79 Å². The second-order valence-electron chi connectivity index (χ2n) is 3.03. The summed E-state index contributed by atoms with van der Waals surface area (Å²) in [5, 5.41) is 2.50. The topological polar surface area (TPSA) is 38.3 Å². The van der Waals surface area contributed by atoms with E-state index in [2.05, 4.69) is 5.32 Å². The van der Waals surface area contributed by atoms with E-state index in [0.29, 0.717) is 6.54 Å². The minimum atomic E-state index is -1.92. The fraction of sp³-hybridized carbons (Fsp3) is 0.300. The summed E-state index contributed by atoms with van der Waals surface area (Å²) < 4.78 is 3.07. The summed E-state index contributed by atoms with van der Waals surface area (Å²) in [5.74, 6) is 0.102. The van der Waals surface area contributed by atoms with Gasteiger partial charge in [-0.1, -0.05) is 46.9 Å². The van der Waals surface area contributed by atoms with Crippen molar-refractivity contribution in [1.82, 2.24) is 5.32 Å². The maximum absolute atomic E-state index is 11.2. The molecule has 0 saturated heterocycles. The van der Waals surface area contributed by atoms with E-state index in [0.717, 1.165) is 11.3 Å². The van der Waals surface area contributed by atoms with E-state index in [-0.39, 0.29) is 0 Å². The third kappa shape index (κ3) is 4.08. The molecule has 1 aromatic rings. The molecular weight excluding hydrogens is 272 g/mol. The average Bonchev–Trinajstić information content (AvgIpc) is 2.25. The van der Waals surface area contributed by atoms with Crippen LogP contribution in [0.15, 0.2) is 24.3 Å². The third-order valence-corrected chi connectivity index (χ3v) is 2.38. The van der Waals surface area contributed by atoms with Crippen molar-refractivity contribution in [3.8, 4) is 5.75 Å². The molecule has 0 aliphatic carbocycles. The van der Waals surface area contributed by atoms with Gasteiger partial charge in [-0.2, -0.15) is 0 Å². The highest BCUT2D eigenvalue weighted by molar-refractivity contribution is 6.76. The molecule has 0 unspecified atom stereocenters. The number of methoxy groups -OCH3 is 1. The molecule has 16 heavy (non-hydrogen) atoms. The summed E-state index contributed by atoms with van der Waals surface area (Å²) in [6.45, 7) is 0.302. The summed E-state index contributed by atoms with van der Waals surface area (Å²) in [6.07, 6.45) is 0. The molecule has 3 nitrogen and oxygen atoms in total.